The van der Waals surface area contributed by atoms with E-state index < -0.39 is 11.9 Å². The lowest BCUT2D eigenvalue weighted by atomic mass is 10.1. The fourth-order valence-corrected chi connectivity index (χ4v) is 2.07. The van der Waals surface area contributed by atoms with E-state index in [-0.39, 0.29) is 22.8 Å². The third-order valence-corrected chi connectivity index (χ3v) is 4.07. The average Bonchev–Trinajstić information content (AvgIpc) is 2.86. The number of anilines is 6. The lowest BCUT2D eigenvalue weighted by Gasteiger charge is -2.08. The quantitative estimate of drug-likeness (QED) is 0.0746. The van der Waals surface area contributed by atoms with Gasteiger partial charge in [0.05, 0.1) is 22.5 Å². The molecule has 1 aromatic carbocycles. The monoisotopic (exact) mass is 476 g/mol. The molecule has 0 atom stereocenters. The number of hydrogen-bond acceptors (Lipinski definition) is 14. The molecule has 2 heterocycles. The van der Waals surface area contributed by atoms with E-state index in [2.05, 4.69) is 9.78 Å². The van der Waals surface area contributed by atoms with Gasteiger partial charge in [-0.25, -0.2) is 9.59 Å². The van der Waals surface area contributed by atoms with Crippen LogP contribution in [0.5, 0.6) is 0 Å². The Morgan fingerprint density at radius 2 is 0.912 bits per heavy atom. The fraction of sp³-hybridized carbons (Fsp3) is 0. The Kier molecular flexibility index (Phi) is 9.45. The number of nitrogen functional groups attached to an aromatic ring is 8. The Balaban J connectivity index is 0.000000261. The third-order valence-electron chi connectivity index (χ3n) is 4.07. The summed E-state index contributed by atoms with van der Waals surface area (Å²) in [5.74, 6) is 9.12. The average molecular weight is 476 g/mol. The first-order valence-electron chi connectivity index (χ1n) is 8.93. The number of nitrogens with zero attached hydrogens (tertiary/aromatic N) is 2. The van der Waals surface area contributed by atoms with Crippen molar-refractivity contribution in [1.29, 1.82) is 0 Å². The van der Waals surface area contributed by atoms with Crippen LogP contribution in [0.25, 0.3) is 0 Å². The number of hydrogen-bond donors (Lipinski definition) is 8. The van der Waals surface area contributed by atoms with Crippen LogP contribution in [-0.2, 0) is 9.78 Å². The molecule has 16 nitrogen and oxygen atoms in total. The van der Waals surface area contributed by atoms with Crippen molar-refractivity contribution in [2.24, 2.45) is 0 Å². The largest absolute Gasteiger partial charge is 0.661 e. The second-order valence-electron chi connectivity index (χ2n) is 6.27. The summed E-state index contributed by atoms with van der Waals surface area (Å²) in [4.78, 5) is 27.7. The molecular formula is C18H24N10O6. The predicted octanol–water partition coefficient (Wildman–Crippen LogP) is -4.58. The predicted molar refractivity (Wildman–Crippen MR) is 117 cm³/mol. The topological polar surface area (TPSA) is 315 Å². The van der Waals surface area contributed by atoms with Gasteiger partial charge < -0.3 is 43.2 Å². The molecule has 0 spiro atoms. The highest BCUT2D eigenvalue weighted by atomic mass is 17.1. The van der Waals surface area contributed by atoms with Crippen LogP contribution >= 0.6 is 0 Å². The van der Waals surface area contributed by atoms with E-state index in [0.29, 0.717) is 22.7 Å². The van der Waals surface area contributed by atoms with Gasteiger partial charge in [-0.05, 0) is 24.3 Å². The van der Waals surface area contributed by atoms with E-state index in [9.17, 15) is 20.1 Å². The molecular weight excluding hydrogens is 452 g/mol. The van der Waals surface area contributed by atoms with E-state index in [4.69, 9.17) is 46.1 Å². The van der Waals surface area contributed by atoms with Crippen molar-refractivity contribution in [3.63, 3.8) is 0 Å². The molecule has 182 valence electrons. The molecule has 16 N–H and O–H groups in total. The Hall–Kier alpha value is -5.22. The number of rotatable bonds is 2. The molecule has 0 aliphatic rings. The first-order chi connectivity index (χ1) is 15.9. The molecule has 0 aliphatic heterocycles. The second-order valence-corrected chi connectivity index (χ2v) is 6.27. The van der Waals surface area contributed by atoms with Crippen LogP contribution in [0.3, 0.4) is 0 Å². The van der Waals surface area contributed by atoms with Crippen LogP contribution in [0.2, 0.25) is 0 Å². The Morgan fingerprint density at radius 3 is 1.15 bits per heavy atom. The number of carbonyl (C=O) groups excluding carboxylic acids is 2. The van der Waals surface area contributed by atoms with E-state index in [0.717, 1.165) is 0 Å². The van der Waals surface area contributed by atoms with Crippen LogP contribution in [-0.4, -0.2) is 11.9 Å². The molecule has 0 saturated carbocycles. The molecule has 34 heavy (non-hydrogen) atoms. The zero-order valence-corrected chi connectivity index (χ0v) is 17.6. The van der Waals surface area contributed by atoms with E-state index in [1.54, 1.807) is 24.5 Å². The fourth-order valence-electron chi connectivity index (χ4n) is 2.07. The molecule has 0 unspecified atom stereocenters. The summed E-state index contributed by atoms with van der Waals surface area (Å²) >= 11 is 0. The van der Waals surface area contributed by atoms with Crippen LogP contribution in [0, 0.1) is 0 Å². The van der Waals surface area contributed by atoms with E-state index in [1.807, 2.05) is 0 Å². The highest BCUT2D eigenvalue weighted by Crippen LogP contribution is 2.16. The molecule has 0 amide bonds. The van der Waals surface area contributed by atoms with Gasteiger partial charge in [0, 0.05) is 12.1 Å². The number of benzene rings is 1. The maximum atomic E-state index is 10.7. The summed E-state index contributed by atoms with van der Waals surface area (Å²) in [5.41, 5.74) is 34.0. The van der Waals surface area contributed by atoms with E-state index >= 15 is 0 Å². The first kappa shape index (κ1) is 26.8. The molecule has 16 heteroatoms. The molecule has 0 aliphatic carbocycles. The highest BCUT2D eigenvalue weighted by molar-refractivity contribution is 5.92. The summed E-state index contributed by atoms with van der Waals surface area (Å²) in [6, 6.07) is 7.87. The van der Waals surface area contributed by atoms with Crippen molar-refractivity contribution in [2.45, 2.75) is 0 Å². The standard InChI is InChI=1S/C8H6O6.2C5H9N5/c9-7(13-11)5-1-2-6(4-3-5)8(10)14-12;2*6-3-1-2-10(9)5(8)4(3)7/h1-4,11-12H;2*1-2H,7,9H2,(H3,6,8). The van der Waals surface area contributed by atoms with E-state index in [1.165, 1.54) is 33.6 Å². The van der Waals surface area contributed by atoms with Gasteiger partial charge in [0.1, 0.15) is 23.8 Å². The van der Waals surface area contributed by atoms with Crippen LogP contribution in [0.1, 0.15) is 20.7 Å². The zero-order chi connectivity index (χ0) is 26.0. The summed E-state index contributed by atoms with van der Waals surface area (Å²) in [6.45, 7) is 0. The maximum absolute atomic E-state index is 10.7. The van der Waals surface area contributed by atoms with Gasteiger partial charge in [-0.15, -0.1) is 9.35 Å². The van der Waals surface area contributed by atoms with Gasteiger partial charge in [-0.1, -0.05) is 0 Å². The Morgan fingerprint density at radius 1 is 0.618 bits per heavy atom. The summed E-state index contributed by atoms with van der Waals surface area (Å²) in [6.07, 6.45) is 3.09. The smallest absolute Gasteiger partial charge is 0.332 e. The molecule has 0 radical (unpaired) electrons. The van der Waals surface area contributed by atoms with Gasteiger partial charge >= 0.3 is 23.6 Å². The number of carbonyl (C=O) groups is 2. The molecule has 0 bridgehead atoms. The second kappa shape index (κ2) is 12.0. The van der Waals surface area contributed by atoms with Gasteiger partial charge in [0.2, 0.25) is 0 Å². The lowest BCUT2D eigenvalue weighted by molar-refractivity contribution is -0.653. The number of pyridine rings is 2. The van der Waals surface area contributed by atoms with Crippen LogP contribution in [0.4, 0.5) is 34.4 Å². The maximum Gasteiger partial charge on any atom is 0.332 e. The Bertz CT molecular complexity index is 1010. The molecule has 0 saturated heterocycles. The van der Waals surface area contributed by atoms with Crippen molar-refractivity contribution in [2.75, 3.05) is 46.1 Å². The van der Waals surface area contributed by atoms with Crippen molar-refractivity contribution in [1.82, 2.24) is 0 Å². The summed E-state index contributed by atoms with van der Waals surface area (Å²) in [5, 5.41) is 19.4. The van der Waals surface area contributed by atoms with Crippen molar-refractivity contribution in [3.05, 3.63) is 59.9 Å². The van der Waals surface area contributed by atoms with Crippen LogP contribution < -0.4 is 66.0 Å². The van der Waals surface area contributed by atoms with Crippen molar-refractivity contribution >= 4 is 46.3 Å². The number of nitrogens with two attached hydrogens (primary N) is 8. The molecule has 0 fully saturated rings. The Labute approximate surface area is 192 Å². The van der Waals surface area contributed by atoms with Gasteiger partial charge in [0.15, 0.2) is 0 Å². The minimum Gasteiger partial charge on any atom is -0.661 e. The molecule has 3 aromatic rings. The molecule has 3 rings (SSSR count). The molecule has 2 aromatic heterocycles. The lowest BCUT2D eigenvalue weighted by Crippen LogP contribution is -2.47. The van der Waals surface area contributed by atoms with Gasteiger partial charge in [-0.3, -0.25) is 23.2 Å². The zero-order valence-electron chi connectivity index (χ0n) is 17.6. The van der Waals surface area contributed by atoms with Gasteiger partial charge in [0.25, 0.3) is 0 Å². The highest BCUT2D eigenvalue weighted by Gasteiger charge is 2.09. The minimum atomic E-state index is -1.06. The van der Waals surface area contributed by atoms with Gasteiger partial charge in [-0.2, -0.15) is 0 Å². The number of aromatic nitrogens is 2. The third kappa shape index (κ3) is 6.90. The minimum absolute atomic E-state index is 0.0116. The van der Waals surface area contributed by atoms with Crippen LogP contribution in [0.15, 0.2) is 48.8 Å². The summed E-state index contributed by atoms with van der Waals surface area (Å²) < 4.78 is 2.43. The SMILES string of the molecule is Nc1cc[n+](N)c(N)c1N.Nc1cc[n+](N)c(N)c1N.O=C(O[O-])c1ccc(C(=O)O[O-])cc1. The van der Waals surface area contributed by atoms with Crippen molar-refractivity contribution in [3.8, 4) is 0 Å². The first-order valence-corrected chi connectivity index (χ1v) is 8.93. The van der Waals surface area contributed by atoms with Crippen molar-refractivity contribution < 1.29 is 39.2 Å². The summed E-state index contributed by atoms with van der Waals surface area (Å²) in [7, 11) is 0. The normalized spacial score (nSPS) is 9.47.